The van der Waals surface area contributed by atoms with Gasteiger partial charge in [0.25, 0.3) is 5.91 Å². The molecule has 0 bridgehead atoms. The highest BCUT2D eigenvalue weighted by molar-refractivity contribution is 6.30. The Kier molecular flexibility index (Phi) is 7.32. The Labute approximate surface area is 197 Å². The predicted octanol–water partition coefficient (Wildman–Crippen LogP) is 5.84. The number of amides is 1. The molecule has 1 aromatic carbocycles. The zero-order valence-corrected chi connectivity index (χ0v) is 18.9. The molecular formula is C25H22Cl2N4O. The fraction of sp³-hybridized carbons (Fsp3) is 0.160. The molecule has 0 fully saturated rings. The van der Waals surface area contributed by atoms with E-state index in [1.54, 1.807) is 18.3 Å². The highest BCUT2D eigenvalue weighted by Gasteiger charge is 2.17. The number of rotatable bonds is 6. The Morgan fingerprint density at radius 3 is 2.69 bits per heavy atom. The average Bonchev–Trinajstić information content (AvgIpc) is 2.81. The molecule has 1 aliphatic rings. The average molecular weight is 465 g/mol. The lowest BCUT2D eigenvalue weighted by Crippen LogP contribution is -2.29. The molecule has 0 aliphatic carbocycles. The van der Waals surface area contributed by atoms with E-state index in [0.29, 0.717) is 11.3 Å². The Hall–Kier alpha value is -2.99. The fourth-order valence-corrected chi connectivity index (χ4v) is 3.80. The third kappa shape index (κ3) is 5.82. The summed E-state index contributed by atoms with van der Waals surface area (Å²) in [5.41, 5.74) is 4.21. The number of aromatic nitrogens is 2. The zero-order valence-electron chi connectivity index (χ0n) is 17.3. The van der Waals surface area contributed by atoms with Crippen LogP contribution in [0.3, 0.4) is 0 Å². The summed E-state index contributed by atoms with van der Waals surface area (Å²) in [7, 11) is 0. The summed E-state index contributed by atoms with van der Waals surface area (Å²) in [5, 5.41) is 3.98. The summed E-state index contributed by atoms with van der Waals surface area (Å²) in [5.74, 6) is -0.242. The number of nitrogens with zero attached hydrogens (tertiary/aromatic N) is 3. The van der Waals surface area contributed by atoms with Gasteiger partial charge >= 0.3 is 0 Å². The molecule has 0 unspecified atom stereocenters. The van der Waals surface area contributed by atoms with Crippen LogP contribution in [0.25, 0.3) is 11.6 Å². The van der Waals surface area contributed by atoms with E-state index in [2.05, 4.69) is 38.4 Å². The second-order valence-electron chi connectivity index (χ2n) is 7.41. The molecule has 0 saturated carbocycles. The molecule has 4 rings (SSSR count). The first-order valence-electron chi connectivity index (χ1n) is 10.3. The minimum absolute atomic E-state index is 0.242. The Bertz CT molecular complexity index is 1160. The first-order chi connectivity index (χ1) is 15.6. The van der Waals surface area contributed by atoms with Crippen molar-refractivity contribution >= 4 is 46.4 Å². The van der Waals surface area contributed by atoms with Gasteiger partial charge < -0.3 is 5.32 Å². The third-order valence-corrected chi connectivity index (χ3v) is 5.64. The van der Waals surface area contributed by atoms with Gasteiger partial charge in [0.05, 0.1) is 11.4 Å². The van der Waals surface area contributed by atoms with Crippen LogP contribution in [0.5, 0.6) is 0 Å². The maximum absolute atomic E-state index is 12.6. The van der Waals surface area contributed by atoms with Crippen molar-refractivity contribution in [1.29, 1.82) is 0 Å². The van der Waals surface area contributed by atoms with Crippen LogP contribution >= 0.6 is 23.2 Å². The van der Waals surface area contributed by atoms with E-state index in [0.717, 1.165) is 47.9 Å². The first kappa shape index (κ1) is 22.2. The first-order valence-corrected chi connectivity index (χ1v) is 11.1. The van der Waals surface area contributed by atoms with Crippen molar-refractivity contribution in [1.82, 2.24) is 14.9 Å². The minimum Gasteiger partial charge on any atom is -0.320 e. The van der Waals surface area contributed by atoms with E-state index in [9.17, 15) is 4.79 Å². The monoisotopic (exact) mass is 464 g/mol. The smallest absolute Gasteiger partial charge is 0.255 e. The molecule has 3 heterocycles. The molecule has 5 nitrogen and oxygen atoms in total. The van der Waals surface area contributed by atoms with Crippen LogP contribution in [0, 0.1) is 0 Å². The highest BCUT2D eigenvalue weighted by Crippen LogP contribution is 2.27. The zero-order chi connectivity index (χ0) is 22.3. The van der Waals surface area contributed by atoms with Crippen molar-refractivity contribution in [3.63, 3.8) is 0 Å². The van der Waals surface area contributed by atoms with E-state index in [-0.39, 0.29) is 11.1 Å². The lowest BCUT2D eigenvalue weighted by Gasteiger charge is -2.25. The predicted molar refractivity (Wildman–Crippen MR) is 131 cm³/mol. The summed E-state index contributed by atoms with van der Waals surface area (Å²) in [6.07, 6.45) is 10.6. The molecule has 2 aromatic heterocycles. The number of carbonyl (C=O) groups is 1. The molecule has 1 N–H and O–H groups in total. The summed E-state index contributed by atoms with van der Waals surface area (Å²) in [6, 6.07) is 14.6. The fourth-order valence-electron chi connectivity index (χ4n) is 3.50. The van der Waals surface area contributed by atoms with Gasteiger partial charge in [0, 0.05) is 42.6 Å². The van der Waals surface area contributed by atoms with E-state index >= 15 is 0 Å². The highest BCUT2D eigenvalue weighted by atomic mass is 35.5. The van der Waals surface area contributed by atoms with Crippen LogP contribution in [0.1, 0.15) is 28.0 Å². The number of carbonyl (C=O) groups excluding carboxylic acids is 1. The molecule has 1 amide bonds. The molecule has 32 heavy (non-hydrogen) atoms. The maximum atomic E-state index is 12.6. The summed E-state index contributed by atoms with van der Waals surface area (Å²) >= 11 is 11.8. The lowest BCUT2D eigenvalue weighted by molar-refractivity contribution is 0.102. The van der Waals surface area contributed by atoms with Gasteiger partial charge in [0.15, 0.2) is 0 Å². The molecule has 162 valence electrons. The van der Waals surface area contributed by atoms with E-state index < -0.39 is 0 Å². The molecule has 0 spiro atoms. The number of nitrogens with one attached hydrogen (secondary N) is 1. The van der Waals surface area contributed by atoms with E-state index in [1.807, 2.05) is 36.4 Å². The number of benzene rings is 1. The number of hydrogen-bond donors (Lipinski definition) is 1. The molecule has 0 radical (unpaired) electrons. The Morgan fingerprint density at radius 2 is 1.94 bits per heavy atom. The number of hydrogen-bond acceptors (Lipinski definition) is 4. The van der Waals surface area contributed by atoms with Crippen molar-refractivity contribution in [3.8, 4) is 0 Å². The molecule has 3 aromatic rings. The largest absolute Gasteiger partial charge is 0.320 e. The van der Waals surface area contributed by atoms with Crippen molar-refractivity contribution in [3.05, 3.63) is 100 Å². The van der Waals surface area contributed by atoms with E-state index in [4.69, 9.17) is 23.2 Å². The molecule has 1 aliphatic heterocycles. The van der Waals surface area contributed by atoms with Crippen LogP contribution in [0.15, 0.2) is 73.1 Å². The minimum atomic E-state index is -0.242. The van der Waals surface area contributed by atoms with Gasteiger partial charge in [0.1, 0.15) is 5.15 Å². The van der Waals surface area contributed by atoms with Crippen LogP contribution in [0.4, 0.5) is 5.69 Å². The Morgan fingerprint density at radius 1 is 1.09 bits per heavy atom. The number of pyridine rings is 2. The normalized spacial score (nSPS) is 14.4. The summed E-state index contributed by atoms with van der Waals surface area (Å²) in [6.45, 7) is 2.60. The Balaban J connectivity index is 1.40. The standard InChI is InChI=1S/C25H22Cl2N4O/c26-21-7-5-18(6-8-21)3-2-14-31-15-10-19(11-16-31)24-22(4-1-12-29-24)30-25(32)20-9-13-28-23(27)17-20/h1-10,12-13,17H,11,14-16H2,(H,30,32). The second-order valence-corrected chi connectivity index (χ2v) is 8.24. The van der Waals surface area contributed by atoms with Gasteiger partial charge in [-0.15, -0.1) is 0 Å². The summed E-state index contributed by atoms with van der Waals surface area (Å²) < 4.78 is 0. The van der Waals surface area contributed by atoms with Gasteiger partial charge in [-0.2, -0.15) is 0 Å². The van der Waals surface area contributed by atoms with Crippen molar-refractivity contribution in [2.24, 2.45) is 0 Å². The molecule has 7 heteroatoms. The van der Waals surface area contributed by atoms with Crippen molar-refractivity contribution in [2.75, 3.05) is 25.0 Å². The van der Waals surface area contributed by atoms with Crippen molar-refractivity contribution < 1.29 is 4.79 Å². The summed E-state index contributed by atoms with van der Waals surface area (Å²) in [4.78, 5) is 23.5. The lowest BCUT2D eigenvalue weighted by atomic mass is 10.0. The quantitative estimate of drug-likeness (QED) is 0.465. The number of anilines is 1. The maximum Gasteiger partial charge on any atom is 0.255 e. The topological polar surface area (TPSA) is 58.1 Å². The number of halogens is 2. The van der Waals surface area contributed by atoms with Gasteiger partial charge in [-0.3, -0.25) is 14.7 Å². The molecule has 0 atom stereocenters. The molecule has 0 saturated heterocycles. The van der Waals surface area contributed by atoms with Gasteiger partial charge in [-0.1, -0.05) is 53.6 Å². The molecular weight excluding hydrogens is 443 g/mol. The van der Waals surface area contributed by atoms with Gasteiger partial charge in [-0.05, 0) is 54.0 Å². The van der Waals surface area contributed by atoms with Crippen molar-refractivity contribution in [2.45, 2.75) is 6.42 Å². The van der Waals surface area contributed by atoms with Crippen LogP contribution in [0.2, 0.25) is 10.2 Å². The third-order valence-electron chi connectivity index (χ3n) is 5.19. The van der Waals surface area contributed by atoms with Gasteiger partial charge in [0.2, 0.25) is 0 Å². The van der Waals surface area contributed by atoms with Gasteiger partial charge in [-0.25, -0.2) is 4.98 Å². The second kappa shape index (κ2) is 10.6. The van der Waals surface area contributed by atoms with Crippen LogP contribution in [-0.2, 0) is 0 Å². The van der Waals surface area contributed by atoms with Crippen LogP contribution < -0.4 is 5.32 Å². The SMILES string of the molecule is O=C(Nc1cccnc1C1=CCN(CC=Cc2ccc(Cl)cc2)CC1)c1ccnc(Cl)c1. The van der Waals surface area contributed by atoms with Crippen LogP contribution in [-0.4, -0.2) is 40.4 Å². The van der Waals surface area contributed by atoms with E-state index in [1.165, 1.54) is 6.20 Å².